The highest BCUT2D eigenvalue weighted by molar-refractivity contribution is 6.35. The molecule has 134 valence electrons. The minimum Gasteiger partial charge on any atom is -0.361 e. The highest BCUT2D eigenvalue weighted by atomic mass is 35.5. The van der Waals surface area contributed by atoms with E-state index in [0.29, 0.717) is 22.0 Å². The number of Topliss-reactive ketones (excluding diaryl/α,β-unsaturated/α-hetero) is 1. The van der Waals surface area contributed by atoms with E-state index in [1.807, 2.05) is 66.9 Å². The van der Waals surface area contributed by atoms with Crippen molar-refractivity contribution in [2.45, 2.75) is 12.3 Å². The standard InChI is InChI=1S/C23H17Cl2NO/c24-16-10-11-17(21(25)12-16)19(13-23(27)15-6-2-1-3-7-15)20-14-26-22-9-5-4-8-18(20)22/h1-12,14,19,26H,13H2. The highest BCUT2D eigenvalue weighted by Gasteiger charge is 2.24. The van der Waals surface area contributed by atoms with Crippen molar-refractivity contribution in [1.82, 2.24) is 4.98 Å². The molecule has 2 nitrogen and oxygen atoms in total. The SMILES string of the molecule is O=C(CC(c1ccc(Cl)cc1Cl)c1c[nH]c2ccccc12)c1ccccc1. The molecule has 0 radical (unpaired) electrons. The van der Waals surface area contributed by atoms with Gasteiger partial charge in [0, 0.05) is 45.0 Å². The van der Waals surface area contributed by atoms with E-state index in [1.165, 1.54) is 0 Å². The number of fused-ring (bicyclic) bond motifs is 1. The number of aromatic amines is 1. The largest absolute Gasteiger partial charge is 0.361 e. The van der Waals surface area contributed by atoms with Gasteiger partial charge in [-0.05, 0) is 29.3 Å². The van der Waals surface area contributed by atoms with E-state index in [0.717, 1.165) is 22.0 Å². The summed E-state index contributed by atoms with van der Waals surface area (Å²) in [4.78, 5) is 16.3. The Hall–Kier alpha value is -2.55. The van der Waals surface area contributed by atoms with Crippen LogP contribution in [-0.4, -0.2) is 10.8 Å². The predicted octanol–water partition coefficient (Wildman–Crippen LogP) is 6.88. The van der Waals surface area contributed by atoms with E-state index in [4.69, 9.17) is 23.2 Å². The molecule has 0 aliphatic carbocycles. The van der Waals surface area contributed by atoms with Crippen LogP contribution in [-0.2, 0) is 0 Å². The van der Waals surface area contributed by atoms with Crippen LogP contribution in [0.25, 0.3) is 10.9 Å². The maximum atomic E-state index is 13.0. The summed E-state index contributed by atoms with van der Waals surface area (Å²) in [5.74, 6) is -0.0875. The Bertz CT molecular complexity index is 1100. The van der Waals surface area contributed by atoms with E-state index < -0.39 is 0 Å². The third-order valence-corrected chi connectivity index (χ3v) is 5.38. The van der Waals surface area contributed by atoms with Gasteiger partial charge in [-0.15, -0.1) is 0 Å². The molecule has 1 aromatic heterocycles. The van der Waals surface area contributed by atoms with Gasteiger partial charge in [0.2, 0.25) is 0 Å². The third kappa shape index (κ3) is 3.64. The number of H-pyrrole nitrogens is 1. The Morgan fingerprint density at radius 3 is 2.41 bits per heavy atom. The molecule has 0 saturated carbocycles. The molecule has 0 amide bonds. The van der Waals surface area contributed by atoms with Crippen LogP contribution in [0, 0.1) is 0 Å². The first-order chi connectivity index (χ1) is 13.1. The number of halogens is 2. The van der Waals surface area contributed by atoms with Crippen molar-refractivity contribution in [3.8, 4) is 0 Å². The zero-order valence-corrected chi connectivity index (χ0v) is 16.0. The van der Waals surface area contributed by atoms with Gasteiger partial charge in [0.15, 0.2) is 5.78 Å². The zero-order valence-electron chi connectivity index (χ0n) is 14.5. The van der Waals surface area contributed by atoms with Crippen molar-refractivity contribution in [3.63, 3.8) is 0 Å². The maximum absolute atomic E-state index is 13.0. The molecule has 4 aromatic rings. The van der Waals surface area contributed by atoms with E-state index in [2.05, 4.69) is 11.1 Å². The van der Waals surface area contributed by atoms with Crippen molar-refractivity contribution in [3.05, 3.63) is 106 Å². The van der Waals surface area contributed by atoms with Crippen LogP contribution in [0.1, 0.15) is 33.8 Å². The van der Waals surface area contributed by atoms with Gasteiger partial charge in [0.25, 0.3) is 0 Å². The summed E-state index contributed by atoms with van der Waals surface area (Å²) < 4.78 is 0. The van der Waals surface area contributed by atoms with Crippen LogP contribution in [0.5, 0.6) is 0 Å². The number of aromatic nitrogens is 1. The highest BCUT2D eigenvalue weighted by Crippen LogP contribution is 2.38. The lowest BCUT2D eigenvalue weighted by atomic mass is 9.85. The number of nitrogens with one attached hydrogen (secondary N) is 1. The molecule has 1 atom stereocenters. The zero-order chi connectivity index (χ0) is 18.8. The number of hydrogen-bond acceptors (Lipinski definition) is 1. The minimum atomic E-state index is -0.168. The van der Waals surface area contributed by atoms with Crippen molar-refractivity contribution >= 4 is 39.9 Å². The van der Waals surface area contributed by atoms with Crippen LogP contribution in [0.2, 0.25) is 10.0 Å². The summed E-state index contributed by atoms with van der Waals surface area (Å²) >= 11 is 12.6. The van der Waals surface area contributed by atoms with Gasteiger partial charge in [-0.3, -0.25) is 4.79 Å². The normalized spacial score (nSPS) is 12.2. The molecule has 0 aliphatic heterocycles. The Labute approximate surface area is 167 Å². The number of carbonyl (C=O) groups is 1. The van der Waals surface area contributed by atoms with Crippen molar-refractivity contribution < 1.29 is 4.79 Å². The van der Waals surface area contributed by atoms with E-state index in [9.17, 15) is 4.79 Å². The fraction of sp³-hybridized carbons (Fsp3) is 0.0870. The van der Waals surface area contributed by atoms with Crippen LogP contribution >= 0.6 is 23.2 Å². The Morgan fingerprint density at radius 1 is 0.889 bits per heavy atom. The van der Waals surface area contributed by atoms with E-state index in [1.54, 1.807) is 6.07 Å². The molecule has 0 aliphatic rings. The molecule has 1 heterocycles. The summed E-state index contributed by atoms with van der Waals surface area (Å²) in [6.07, 6.45) is 2.30. The molecule has 0 saturated heterocycles. The number of hydrogen-bond donors (Lipinski definition) is 1. The predicted molar refractivity (Wildman–Crippen MR) is 112 cm³/mol. The quantitative estimate of drug-likeness (QED) is 0.368. The lowest BCUT2D eigenvalue weighted by Crippen LogP contribution is -2.09. The average Bonchev–Trinajstić information content (AvgIpc) is 3.11. The van der Waals surface area contributed by atoms with Gasteiger partial charge in [-0.1, -0.05) is 77.8 Å². The molecule has 4 heteroatoms. The summed E-state index contributed by atoms with van der Waals surface area (Å²) in [5.41, 5.74) is 3.69. The lowest BCUT2D eigenvalue weighted by molar-refractivity contribution is 0.0978. The second-order valence-electron chi connectivity index (χ2n) is 6.50. The molecule has 3 aromatic carbocycles. The fourth-order valence-electron chi connectivity index (χ4n) is 3.48. The van der Waals surface area contributed by atoms with Crippen LogP contribution < -0.4 is 0 Å². The summed E-state index contributed by atoms with van der Waals surface area (Å²) in [6.45, 7) is 0. The molecular weight excluding hydrogens is 377 g/mol. The third-order valence-electron chi connectivity index (χ3n) is 4.82. The Kier molecular flexibility index (Phi) is 5.02. The Morgan fingerprint density at radius 2 is 1.63 bits per heavy atom. The molecule has 1 unspecified atom stereocenters. The smallest absolute Gasteiger partial charge is 0.163 e. The van der Waals surface area contributed by atoms with Crippen molar-refractivity contribution in [1.29, 1.82) is 0 Å². The van der Waals surface area contributed by atoms with E-state index in [-0.39, 0.29) is 11.7 Å². The molecule has 27 heavy (non-hydrogen) atoms. The molecular formula is C23H17Cl2NO. The van der Waals surface area contributed by atoms with Gasteiger partial charge in [0.05, 0.1) is 0 Å². The molecule has 0 fully saturated rings. The molecule has 1 N–H and O–H groups in total. The number of ketones is 1. The number of benzene rings is 3. The van der Waals surface area contributed by atoms with Crippen molar-refractivity contribution in [2.24, 2.45) is 0 Å². The first kappa shape index (κ1) is 17.8. The summed E-state index contributed by atoms with van der Waals surface area (Å²) in [6, 6.07) is 22.9. The summed E-state index contributed by atoms with van der Waals surface area (Å²) in [5, 5.41) is 2.24. The van der Waals surface area contributed by atoms with Gasteiger partial charge >= 0.3 is 0 Å². The maximum Gasteiger partial charge on any atom is 0.163 e. The van der Waals surface area contributed by atoms with Crippen LogP contribution in [0.3, 0.4) is 0 Å². The summed E-state index contributed by atoms with van der Waals surface area (Å²) in [7, 11) is 0. The number of para-hydroxylation sites is 1. The molecule has 0 bridgehead atoms. The van der Waals surface area contributed by atoms with E-state index >= 15 is 0 Å². The van der Waals surface area contributed by atoms with Gasteiger partial charge in [-0.25, -0.2) is 0 Å². The minimum absolute atomic E-state index is 0.0805. The van der Waals surface area contributed by atoms with Crippen LogP contribution in [0.15, 0.2) is 79.0 Å². The molecule has 0 spiro atoms. The van der Waals surface area contributed by atoms with Crippen LogP contribution in [0.4, 0.5) is 0 Å². The topological polar surface area (TPSA) is 32.9 Å². The second-order valence-corrected chi connectivity index (χ2v) is 7.34. The number of carbonyl (C=O) groups excluding carboxylic acids is 1. The first-order valence-electron chi connectivity index (χ1n) is 8.72. The average molecular weight is 394 g/mol. The second kappa shape index (κ2) is 7.59. The molecule has 4 rings (SSSR count). The monoisotopic (exact) mass is 393 g/mol. The fourth-order valence-corrected chi connectivity index (χ4v) is 4.02. The van der Waals surface area contributed by atoms with Gasteiger partial charge in [-0.2, -0.15) is 0 Å². The van der Waals surface area contributed by atoms with Crippen molar-refractivity contribution in [2.75, 3.05) is 0 Å². The van der Waals surface area contributed by atoms with Gasteiger partial charge < -0.3 is 4.98 Å². The number of rotatable bonds is 5. The van der Waals surface area contributed by atoms with Gasteiger partial charge in [0.1, 0.15) is 0 Å². The first-order valence-corrected chi connectivity index (χ1v) is 9.48. The Balaban J connectivity index is 1.81. The lowest BCUT2D eigenvalue weighted by Gasteiger charge is -2.18.